The van der Waals surface area contributed by atoms with Crippen molar-refractivity contribution in [3.63, 3.8) is 0 Å². The van der Waals surface area contributed by atoms with Gasteiger partial charge in [0.15, 0.2) is 5.78 Å². The number of rotatable bonds is 5. The molecule has 0 bridgehead atoms. The van der Waals surface area contributed by atoms with Gasteiger partial charge in [0.2, 0.25) is 0 Å². The van der Waals surface area contributed by atoms with Gasteiger partial charge in [-0.05, 0) is 64.0 Å². The predicted molar refractivity (Wildman–Crippen MR) is 129 cm³/mol. The molecule has 0 spiro atoms. The lowest BCUT2D eigenvalue weighted by molar-refractivity contribution is -0.143. The van der Waals surface area contributed by atoms with Gasteiger partial charge in [0.1, 0.15) is 0 Å². The fourth-order valence-corrected chi connectivity index (χ4v) is 4.75. The van der Waals surface area contributed by atoms with Gasteiger partial charge < -0.3 is 4.74 Å². The number of nitrogens with one attached hydrogen (secondary N) is 1. The number of hydrogen-bond acceptors (Lipinski definition) is 4. The standard InChI is InChI=1S/C27H30F6N2O3/c1-14(2)38-25(37)35-10-6-7-22(21-9-8-15(3)16(4)24(21)35)34-23(17(5)36)18-11-19(26(28,29)30)13-20(12-18)27(31,32)33/h6-9,11-14,21-24,34H,10H2,1-5H3. The first-order chi connectivity index (χ1) is 17.5. The number of hydrogen-bond donors (Lipinski definition) is 1. The average Bonchev–Trinajstić information content (AvgIpc) is 2.97. The summed E-state index contributed by atoms with van der Waals surface area (Å²) in [5, 5.41) is 2.98. The number of nitrogens with zero attached hydrogens (tertiary/aromatic N) is 1. The highest BCUT2D eigenvalue weighted by Crippen LogP contribution is 2.39. The Hall–Kier alpha value is -3.08. The third kappa shape index (κ3) is 6.48. The molecule has 3 rings (SSSR count). The number of ether oxygens (including phenoxy) is 1. The topological polar surface area (TPSA) is 58.6 Å². The van der Waals surface area contributed by atoms with E-state index in [1.165, 1.54) is 4.90 Å². The Morgan fingerprint density at radius 1 is 1.00 bits per heavy atom. The predicted octanol–water partition coefficient (Wildman–Crippen LogP) is 6.62. The number of alkyl halides is 6. The molecule has 0 aromatic heterocycles. The molecule has 1 N–H and O–H groups in total. The van der Waals surface area contributed by atoms with Gasteiger partial charge in [0, 0.05) is 18.5 Å². The van der Waals surface area contributed by atoms with E-state index in [1.807, 2.05) is 26.0 Å². The second-order valence-electron chi connectivity index (χ2n) is 9.84. The van der Waals surface area contributed by atoms with Crippen LogP contribution in [0.5, 0.6) is 0 Å². The van der Waals surface area contributed by atoms with Gasteiger partial charge in [0.25, 0.3) is 0 Å². The molecule has 1 aromatic rings. The van der Waals surface area contributed by atoms with Crippen molar-refractivity contribution >= 4 is 11.9 Å². The van der Waals surface area contributed by atoms with Gasteiger partial charge in [-0.1, -0.05) is 29.9 Å². The summed E-state index contributed by atoms with van der Waals surface area (Å²) in [5.74, 6) is -1.14. The van der Waals surface area contributed by atoms with Gasteiger partial charge in [0.05, 0.1) is 29.3 Å². The van der Waals surface area contributed by atoms with E-state index in [9.17, 15) is 35.9 Å². The quantitative estimate of drug-likeness (QED) is 0.334. The first-order valence-corrected chi connectivity index (χ1v) is 12.1. The van der Waals surface area contributed by atoms with Crippen LogP contribution in [0.3, 0.4) is 0 Å². The Labute approximate surface area is 217 Å². The maximum atomic E-state index is 13.5. The van der Waals surface area contributed by atoms with E-state index >= 15 is 0 Å². The van der Waals surface area contributed by atoms with E-state index in [0.29, 0.717) is 12.1 Å². The van der Waals surface area contributed by atoms with E-state index < -0.39 is 65.0 Å². The molecule has 0 radical (unpaired) electrons. The molecule has 208 valence electrons. The van der Waals surface area contributed by atoms with Crippen LogP contribution in [-0.4, -0.2) is 41.5 Å². The molecule has 0 saturated carbocycles. The van der Waals surface area contributed by atoms with Crippen molar-refractivity contribution in [1.82, 2.24) is 10.2 Å². The lowest BCUT2D eigenvalue weighted by Gasteiger charge is -2.40. The average molecular weight is 545 g/mol. The van der Waals surface area contributed by atoms with Crippen molar-refractivity contribution in [1.29, 1.82) is 0 Å². The molecule has 5 nitrogen and oxygen atoms in total. The minimum absolute atomic E-state index is 0.0291. The monoisotopic (exact) mass is 544 g/mol. The third-order valence-corrected chi connectivity index (χ3v) is 6.67. The SMILES string of the molecule is CC(=O)C(NC1C=CCN(C(=O)OC(C)C)C2C(C)=C(C)C=CC12)c1cc(C(F)(F)F)cc(C(F)(F)F)c1. The second kappa shape index (κ2) is 11.0. The molecule has 4 unspecified atom stereocenters. The molecule has 0 fully saturated rings. The summed E-state index contributed by atoms with van der Waals surface area (Å²) in [5.41, 5.74) is -1.69. The van der Waals surface area contributed by atoms with Crippen molar-refractivity contribution in [2.45, 2.75) is 71.2 Å². The molecule has 1 amide bonds. The smallest absolute Gasteiger partial charge is 0.416 e. The molecular weight excluding hydrogens is 514 g/mol. The lowest BCUT2D eigenvalue weighted by Crippen LogP contribution is -2.51. The molecule has 1 aromatic carbocycles. The molecule has 1 heterocycles. The highest BCUT2D eigenvalue weighted by molar-refractivity contribution is 5.83. The van der Waals surface area contributed by atoms with Crippen LogP contribution in [0.2, 0.25) is 0 Å². The minimum atomic E-state index is -5.05. The van der Waals surface area contributed by atoms with Gasteiger partial charge >= 0.3 is 18.4 Å². The van der Waals surface area contributed by atoms with Gasteiger partial charge in [-0.15, -0.1) is 0 Å². The molecular formula is C27H30F6N2O3. The number of carbonyl (C=O) groups excluding carboxylic acids is 2. The number of halogens is 6. The van der Waals surface area contributed by atoms with E-state index in [-0.39, 0.29) is 18.7 Å². The van der Waals surface area contributed by atoms with E-state index in [1.54, 1.807) is 26.0 Å². The number of Topliss-reactive ketones (excluding diaryl/α,β-unsaturated/α-hetero) is 1. The number of fused-ring (bicyclic) bond motifs is 1. The first-order valence-electron chi connectivity index (χ1n) is 12.1. The van der Waals surface area contributed by atoms with Crippen molar-refractivity contribution in [3.05, 3.63) is 70.3 Å². The van der Waals surface area contributed by atoms with Crippen LogP contribution < -0.4 is 5.32 Å². The van der Waals surface area contributed by atoms with Crippen LogP contribution in [0.15, 0.2) is 53.6 Å². The normalized spacial score (nSPS) is 22.8. The highest BCUT2D eigenvalue weighted by Gasteiger charge is 2.41. The molecule has 11 heteroatoms. The molecule has 0 saturated heterocycles. The van der Waals surface area contributed by atoms with Crippen LogP contribution in [0.1, 0.15) is 57.4 Å². The molecule has 4 atom stereocenters. The minimum Gasteiger partial charge on any atom is -0.447 e. The largest absolute Gasteiger partial charge is 0.447 e. The van der Waals surface area contributed by atoms with E-state index in [0.717, 1.165) is 18.1 Å². The van der Waals surface area contributed by atoms with Crippen LogP contribution in [-0.2, 0) is 21.9 Å². The van der Waals surface area contributed by atoms with Crippen LogP contribution >= 0.6 is 0 Å². The summed E-state index contributed by atoms with van der Waals surface area (Å²) in [4.78, 5) is 27.1. The summed E-state index contributed by atoms with van der Waals surface area (Å²) in [6, 6.07) is -1.54. The summed E-state index contributed by atoms with van der Waals surface area (Å²) in [6.45, 7) is 8.40. The van der Waals surface area contributed by atoms with Crippen molar-refractivity contribution < 1.29 is 40.7 Å². The summed E-state index contributed by atoms with van der Waals surface area (Å²) in [7, 11) is 0. The highest BCUT2D eigenvalue weighted by atomic mass is 19.4. The van der Waals surface area contributed by atoms with E-state index in [4.69, 9.17) is 4.74 Å². The van der Waals surface area contributed by atoms with Crippen LogP contribution in [0.25, 0.3) is 0 Å². The molecule has 1 aliphatic carbocycles. The van der Waals surface area contributed by atoms with Crippen molar-refractivity contribution in [3.8, 4) is 0 Å². The second-order valence-corrected chi connectivity index (χ2v) is 9.84. The molecule has 38 heavy (non-hydrogen) atoms. The summed E-state index contributed by atoms with van der Waals surface area (Å²) >= 11 is 0. The third-order valence-electron chi connectivity index (χ3n) is 6.67. The maximum Gasteiger partial charge on any atom is 0.416 e. The fourth-order valence-electron chi connectivity index (χ4n) is 4.75. The molecule has 2 aliphatic rings. The zero-order valence-electron chi connectivity index (χ0n) is 21.6. The van der Waals surface area contributed by atoms with Gasteiger partial charge in [-0.25, -0.2) is 4.79 Å². The molecule has 1 aliphatic heterocycles. The van der Waals surface area contributed by atoms with Crippen LogP contribution in [0, 0.1) is 5.92 Å². The van der Waals surface area contributed by atoms with E-state index in [2.05, 4.69) is 5.32 Å². The lowest BCUT2D eigenvalue weighted by atomic mass is 9.80. The number of amides is 1. The number of benzene rings is 1. The summed E-state index contributed by atoms with van der Waals surface area (Å²) < 4.78 is 86.3. The Morgan fingerprint density at radius 3 is 2.08 bits per heavy atom. The first kappa shape index (κ1) is 29.5. The van der Waals surface area contributed by atoms with Gasteiger partial charge in [-0.2, -0.15) is 26.3 Å². The van der Waals surface area contributed by atoms with Crippen molar-refractivity contribution in [2.24, 2.45) is 5.92 Å². The van der Waals surface area contributed by atoms with Crippen LogP contribution in [0.4, 0.5) is 31.1 Å². The summed E-state index contributed by atoms with van der Waals surface area (Å²) in [6.07, 6.45) is -4.03. The maximum absolute atomic E-state index is 13.5. The zero-order chi connectivity index (χ0) is 28.6. The fraction of sp³-hybridized carbons (Fsp3) is 0.481. The zero-order valence-corrected chi connectivity index (χ0v) is 21.6. The Morgan fingerprint density at radius 2 is 1.58 bits per heavy atom. The Kier molecular flexibility index (Phi) is 8.50. The van der Waals surface area contributed by atoms with Crippen molar-refractivity contribution in [2.75, 3.05) is 6.54 Å². The number of ketones is 1. The Bertz CT molecular complexity index is 1130. The number of allylic oxidation sites excluding steroid dienone is 2. The Balaban J connectivity index is 2.05. The van der Waals surface area contributed by atoms with Gasteiger partial charge in [-0.3, -0.25) is 15.0 Å². The number of carbonyl (C=O) groups is 2.